The van der Waals surface area contributed by atoms with Gasteiger partial charge in [0.25, 0.3) is 11.2 Å². The van der Waals surface area contributed by atoms with Crippen LogP contribution in [0.1, 0.15) is 80.5 Å². The fourth-order valence-corrected chi connectivity index (χ4v) is 6.39. The maximum Gasteiger partial charge on any atom is 0.338 e. The SMILES string of the molecule is CCCC1=C(C(=O)OCC)C(c2ccc(C(C)C)cc2)n2c(s/c(=C\c3ccc(-c4cc(C)c(C)c([N+](=O)[O-])c4)o3)c2=O)=N1. The number of benzene rings is 2. The Morgan fingerprint density at radius 3 is 2.52 bits per heavy atom. The second kappa shape index (κ2) is 12.6. The van der Waals surface area contributed by atoms with E-state index in [4.69, 9.17) is 14.1 Å². The van der Waals surface area contributed by atoms with E-state index in [9.17, 15) is 19.7 Å². The number of rotatable bonds is 9. The van der Waals surface area contributed by atoms with Crippen molar-refractivity contribution >= 4 is 29.1 Å². The summed E-state index contributed by atoms with van der Waals surface area (Å²) < 4.78 is 13.5. The van der Waals surface area contributed by atoms with E-state index in [2.05, 4.69) is 13.8 Å². The van der Waals surface area contributed by atoms with Crippen LogP contribution in [-0.4, -0.2) is 22.1 Å². The van der Waals surface area contributed by atoms with Gasteiger partial charge in [-0.1, -0.05) is 62.8 Å². The molecule has 3 heterocycles. The number of allylic oxidation sites excluding steroid dienone is 1. The zero-order chi connectivity index (χ0) is 31.7. The predicted octanol–water partition coefficient (Wildman–Crippen LogP) is 6.49. The minimum atomic E-state index is -0.696. The summed E-state index contributed by atoms with van der Waals surface area (Å²) in [5.74, 6) is 0.718. The maximum absolute atomic E-state index is 14.0. The molecule has 0 saturated carbocycles. The maximum atomic E-state index is 14.0. The highest BCUT2D eigenvalue weighted by atomic mass is 32.1. The largest absolute Gasteiger partial charge is 0.463 e. The van der Waals surface area contributed by atoms with Crippen molar-refractivity contribution in [2.45, 2.75) is 66.3 Å². The highest BCUT2D eigenvalue weighted by Gasteiger charge is 2.34. The minimum Gasteiger partial charge on any atom is -0.463 e. The monoisotopic (exact) mass is 613 g/mol. The van der Waals surface area contributed by atoms with Crippen LogP contribution in [0.15, 0.2) is 74.0 Å². The van der Waals surface area contributed by atoms with E-state index in [-0.39, 0.29) is 17.9 Å². The van der Waals surface area contributed by atoms with Crippen molar-refractivity contribution < 1.29 is 18.9 Å². The van der Waals surface area contributed by atoms with Gasteiger partial charge >= 0.3 is 5.97 Å². The molecular formula is C34H35N3O6S. The smallest absolute Gasteiger partial charge is 0.338 e. The Balaban J connectivity index is 1.65. The van der Waals surface area contributed by atoms with Crippen LogP contribution in [0.4, 0.5) is 5.69 Å². The van der Waals surface area contributed by atoms with Gasteiger partial charge in [0, 0.05) is 23.3 Å². The number of nitrogens with zero attached hydrogens (tertiary/aromatic N) is 3. The highest BCUT2D eigenvalue weighted by Crippen LogP contribution is 2.34. The molecule has 10 heteroatoms. The van der Waals surface area contributed by atoms with Crippen LogP contribution in [0.25, 0.3) is 17.4 Å². The zero-order valence-corrected chi connectivity index (χ0v) is 26.5. The molecule has 44 heavy (non-hydrogen) atoms. The van der Waals surface area contributed by atoms with Crippen molar-refractivity contribution in [1.29, 1.82) is 0 Å². The molecule has 0 bridgehead atoms. The number of fused-ring (bicyclic) bond motifs is 1. The van der Waals surface area contributed by atoms with Gasteiger partial charge in [-0.05, 0) is 68.0 Å². The summed E-state index contributed by atoms with van der Waals surface area (Å²) in [4.78, 5) is 43.9. The summed E-state index contributed by atoms with van der Waals surface area (Å²) in [5.41, 5.74) is 4.62. The fourth-order valence-electron chi connectivity index (χ4n) is 5.39. The summed E-state index contributed by atoms with van der Waals surface area (Å²) in [6.45, 7) is 11.7. The Kier molecular flexibility index (Phi) is 8.82. The number of ether oxygens (including phenoxy) is 1. The van der Waals surface area contributed by atoms with Crippen LogP contribution in [0.5, 0.6) is 0 Å². The molecule has 1 unspecified atom stereocenters. The number of aryl methyl sites for hydroxylation is 1. The fraction of sp³-hybridized carbons (Fsp3) is 0.324. The van der Waals surface area contributed by atoms with Crippen molar-refractivity contribution in [3.63, 3.8) is 0 Å². The second-order valence-corrected chi connectivity index (χ2v) is 12.1. The molecular weight excluding hydrogens is 578 g/mol. The number of hydrogen-bond acceptors (Lipinski definition) is 8. The number of furan rings is 1. The average molecular weight is 614 g/mol. The summed E-state index contributed by atoms with van der Waals surface area (Å²) in [7, 11) is 0. The molecule has 0 aliphatic carbocycles. The quantitative estimate of drug-likeness (QED) is 0.121. The zero-order valence-electron chi connectivity index (χ0n) is 25.7. The van der Waals surface area contributed by atoms with Gasteiger partial charge in [0.05, 0.1) is 33.4 Å². The van der Waals surface area contributed by atoms with Crippen molar-refractivity contribution in [3.8, 4) is 11.3 Å². The van der Waals surface area contributed by atoms with Crippen molar-refractivity contribution in [2.24, 2.45) is 4.99 Å². The Morgan fingerprint density at radius 2 is 1.89 bits per heavy atom. The summed E-state index contributed by atoms with van der Waals surface area (Å²) in [6.07, 6.45) is 2.97. The average Bonchev–Trinajstić information content (AvgIpc) is 3.58. The van der Waals surface area contributed by atoms with Crippen LogP contribution in [-0.2, 0) is 9.53 Å². The standard InChI is InChI=1S/C34H35N3O6S/c1-7-9-26-30(33(39)42-8-2)31(23-12-10-22(11-13-23)19(3)4)36-32(38)29(44-34(36)35-26)18-25-14-15-28(43-25)24-16-20(5)21(6)27(17-24)37(40)41/h10-19,31H,7-9H2,1-6H3/b29-18-. The number of esters is 1. The molecule has 2 aromatic heterocycles. The molecule has 0 N–H and O–H groups in total. The van der Waals surface area contributed by atoms with Gasteiger partial charge in [-0.2, -0.15) is 0 Å². The van der Waals surface area contributed by atoms with Crippen molar-refractivity contribution in [3.05, 3.63) is 118 Å². The third kappa shape index (κ3) is 5.81. The summed E-state index contributed by atoms with van der Waals surface area (Å²) >= 11 is 1.23. The number of aromatic nitrogens is 1. The molecule has 1 atom stereocenters. The second-order valence-electron chi connectivity index (χ2n) is 11.1. The van der Waals surface area contributed by atoms with Gasteiger partial charge in [0.1, 0.15) is 11.5 Å². The Hall–Kier alpha value is -4.57. The van der Waals surface area contributed by atoms with Crippen LogP contribution < -0.4 is 14.9 Å². The summed E-state index contributed by atoms with van der Waals surface area (Å²) in [6, 6.07) is 14.1. The van der Waals surface area contributed by atoms with Crippen LogP contribution in [0, 0.1) is 24.0 Å². The van der Waals surface area contributed by atoms with E-state index in [0.29, 0.717) is 55.6 Å². The van der Waals surface area contributed by atoms with Gasteiger partial charge in [0.15, 0.2) is 4.80 Å². The van der Waals surface area contributed by atoms with Crippen LogP contribution >= 0.6 is 11.3 Å². The molecule has 1 aliphatic rings. The molecule has 0 saturated heterocycles. The first-order chi connectivity index (χ1) is 21.0. The lowest BCUT2D eigenvalue weighted by Gasteiger charge is -2.26. The topological polar surface area (TPSA) is 117 Å². The number of thiazole rings is 1. The van der Waals surface area contributed by atoms with E-state index in [1.807, 2.05) is 44.2 Å². The lowest BCUT2D eigenvalue weighted by molar-refractivity contribution is -0.385. The normalized spacial score (nSPS) is 15.0. The molecule has 0 amide bonds. The Morgan fingerprint density at radius 1 is 1.16 bits per heavy atom. The molecule has 4 aromatic rings. The van der Waals surface area contributed by atoms with Gasteiger partial charge in [-0.3, -0.25) is 19.5 Å². The van der Waals surface area contributed by atoms with E-state index in [0.717, 1.165) is 23.1 Å². The van der Waals surface area contributed by atoms with E-state index < -0.39 is 16.9 Å². The van der Waals surface area contributed by atoms with E-state index in [1.54, 1.807) is 36.6 Å². The minimum absolute atomic E-state index is 0.0213. The van der Waals surface area contributed by atoms with Gasteiger partial charge in [-0.15, -0.1) is 0 Å². The van der Waals surface area contributed by atoms with Gasteiger partial charge in [-0.25, -0.2) is 9.79 Å². The third-order valence-corrected chi connectivity index (χ3v) is 8.82. The summed E-state index contributed by atoms with van der Waals surface area (Å²) in [5, 5.41) is 11.6. The number of hydrogen-bond donors (Lipinski definition) is 0. The number of carbonyl (C=O) groups is 1. The molecule has 228 valence electrons. The Bertz CT molecular complexity index is 1960. The Labute approximate surface area is 259 Å². The van der Waals surface area contributed by atoms with Gasteiger partial charge in [0.2, 0.25) is 0 Å². The molecule has 0 spiro atoms. The first-order valence-corrected chi connectivity index (χ1v) is 15.5. The molecule has 5 rings (SSSR count). The molecule has 2 aromatic carbocycles. The first kappa shape index (κ1) is 30.9. The number of carbonyl (C=O) groups excluding carboxylic acids is 1. The number of nitro groups is 1. The molecule has 0 fully saturated rings. The van der Waals surface area contributed by atoms with Crippen molar-refractivity contribution in [1.82, 2.24) is 4.57 Å². The van der Waals surface area contributed by atoms with Gasteiger partial charge < -0.3 is 9.15 Å². The predicted molar refractivity (Wildman–Crippen MR) is 170 cm³/mol. The van der Waals surface area contributed by atoms with Crippen LogP contribution in [0.3, 0.4) is 0 Å². The lowest BCUT2D eigenvalue weighted by Crippen LogP contribution is -2.40. The van der Waals surface area contributed by atoms with E-state index in [1.165, 1.54) is 17.4 Å². The molecule has 0 radical (unpaired) electrons. The van der Waals surface area contributed by atoms with E-state index >= 15 is 0 Å². The van der Waals surface area contributed by atoms with Crippen LogP contribution in [0.2, 0.25) is 0 Å². The number of nitro benzene ring substituents is 1. The third-order valence-electron chi connectivity index (χ3n) is 7.83. The highest BCUT2D eigenvalue weighted by molar-refractivity contribution is 7.07. The molecule has 1 aliphatic heterocycles. The first-order valence-electron chi connectivity index (χ1n) is 14.7. The lowest BCUT2D eigenvalue weighted by atomic mass is 9.92. The van der Waals surface area contributed by atoms with Crippen molar-refractivity contribution in [2.75, 3.05) is 6.61 Å². The molecule has 9 nitrogen and oxygen atoms in total.